The van der Waals surface area contributed by atoms with Crippen molar-refractivity contribution in [1.82, 2.24) is 5.32 Å². The lowest BCUT2D eigenvalue weighted by atomic mass is 10.1. The van der Waals surface area contributed by atoms with Gasteiger partial charge >= 0.3 is 0 Å². The van der Waals surface area contributed by atoms with E-state index in [9.17, 15) is 4.39 Å². The summed E-state index contributed by atoms with van der Waals surface area (Å²) in [5.41, 5.74) is 1.05. The van der Waals surface area contributed by atoms with E-state index in [0.29, 0.717) is 18.7 Å². The monoisotopic (exact) mass is 248 g/mol. The molecule has 0 spiro atoms. The number of hydrogen-bond acceptors (Lipinski definition) is 3. The van der Waals surface area contributed by atoms with Crippen molar-refractivity contribution in [2.24, 2.45) is 0 Å². The minimum atomic E-state index is -0.457. The van der Waals surface area contributed by atoms with Crippen LogP contribution in [0.1, 0.15) is 30.4 Å². The van der Waals surface area contributed by atoms with Crippen LogP contribution in [0.25, 0.3) is 0 Å². The minimum Gasteiger partial charge on any atom is -0.381 e. The van der Waals surface area contributed by atoms with Gasteiger partial charge in [-0.3, -0.25) is 0 Å². The van der Waals surface area contributed by atoms with Crippen LogP contribution in [0.2, 0.25) is 0 Å². The SMILES string of the molecule is COC1CCC(NCc2ccc(F)c(C#N)c2)C1. The predicted octanol–water partition coefficient (Wildman–Crippen LogP) is 2.35. The highest BCUT2D eigenvalue weighted by atomic mass is 19.1. The third-order valence-electron chi connectivity index (χ3n) is 3.46. The number of nitriles is 1. The summed E-state index contributed by atoms with van der Waals surface area (Å²) in [7, 11) is 1.74. The maximum atomic E-state index is 13.1. The molecule has 1 saturated carbocycles. The lowest BCUT2D eigenvalue weighted by molar-refractivity contribution is 0.107. The molecule has 1 aromatic rings. The lowest BCUT2D eigenvalue weighted by Crippen LogP contribution is -2.26. The van der Waals surface area contributed by atoms with E-state index in [4.69, 9.17) is 10.00 Å². The molecule has 4 heteroatoms. The third kappa shape index (κ3) is 3.06. The Morgan fingerprint density at radius 1 is 1.50 bits per heavy atom. The summed E-state index contributed by atoms with van der Waals surface area (Å²) in [4.78, 5) is 0. The molecule has 0 bridgehead atoms. The highest BCUT2D eigenvalue weighted by Crippen LogP contribution is 2.21. The van der Waals surface area contributed by atoms with E-state index in [1.165, 1.54) is 6.07 Å². The Hall–Kier alpha value is -1.44. The minimum absolute atomic E-state index is 0.107. The van der Waals surface area contributed by atoms with Crippen molar-refractivity contribution in [3.63, 3.8) is 0 Å². The van der Waals surface area contributed by atoms with E-state index in [1.54, 1.807) is 19.2 Å². The zero-order valence-corrected chi connectivity index (χ0v) is 10.4. The number of rotatable bonds is 4. The van der Waals surface area contributed by atoms with E-state index in [-0.39, 0.29) is 5.56 Å². The highest BCUT2D eigenvalue weighted by molar-refractivity contribution is 5.34. The molecule has 0 heterocycles. The molecule has 1 aromatic carbocycles. The van der Waals surface area contributed by atoms with Gasteiger partial charge < -0.3 is 10.1 Å². The van der Waals surface area contributed by atoms with E-state index in [2.05, 4.69) is 5.32 Å². The number of ether oxygens (including phenoxy) is 1. The number of nitrogens with one attached hydrogen (secondary N) is 1. The standard InChI is InChI=1S/C14H17FN2O/c1-18-13-4-3-12(7-13)17-9-10-2-5-14(15)11(6-10)8-16/h2,5-6,12-13,17H,3-4,7,9H2,1H3. The van der Waals surface area contributed by atoms with E-state index in [0.717, 1.165) is 24.8 Å². The molecule has 2 atom stereocenters. The van der Waals surface area contributed by atoms with E-state index >= 15 is 0 Å². The Labute approximate surface area is 107 Å². The quantitative estimate of drug-likeness (QED) is 0.889. The Balaban J connectivity index is 1.89. The van der Waals surface area contributed by atoms with Crippen LogP contribution in [0.3, 0.4) is 0 Å². The second kappa shape index (κ2) is 5.94. The first-order valence-corrected chi connectivity index (χ1v) is 6.17. The lowest BCUT2D eigenvalue weighted by Gasteiger charge is -2.13. The molecule has 0 aromatic heterocycles. The van der Waals surface area contributed by atoms with Gasteiger partial charge in [-0.25, -0.2) is 4.39 Å². The zero-order valence-electron chi connectivity index (χ0n) is 10.4. The van der Waals surface area contributed by atoms with Gasteiger partial charge in [-0.1, -0.05) is 6.07 Å². The topological polar surface area (TPSA) is 45.0 Å². The van der Waals surface area contributed by atoms with Gasteiger partial charge in [0, 0.05) is 19.7 Å². The normalized spacial score (nSPS) is 22.9. The van der Waals surface area contributed by atoms with Crippen LogP contribution in [0.4, 0.5) is 4.39 Å². The second-order valence-electron chi connectivity index (χ2n) is 4.67. The van der Waals surface area contributed by atoms with Gasteiger partial charge in [0.1, 0.15) is 11.9 Å². The van der Waals surface area contributed by atoms with Crippen LogP contribution in [-0.2, 0) is 11.3 Å². The van der Waals surface area contributed by atoms with Crippen LogP contribution < -0.4 is 5.32 Å². The van der Waals surface area contributed by atoms with Crippen LogP contribution >= 0.6 is 0 Å². The fraction of sp³-hybridized carbons (Fsp3) is 0.500. The molecule has 1 fully saturated rings. The maximum Gasteiger partial charge on any atom is 0.140 e. The van der Waals surface area contributed by atoms with E-state index < -0.39 is 5.82 Å². The molecule has 2 rings (SSSR count). The van der Waals surface area contributed by atoms with Gasteiger partial charge in [0.25, 0.3) is 0 Å². The fourth-order valence-corrected chi connectivity index (χ4v) is 2.37. The Bertz CT molecular complexity index is 456. The number of halogens is 1. The molecule has 0 saturated heterocycles. The van der Waals surface area contributed by atoms with Crippen molar-refractivity contribution >= 4 is 0 Å². The summed E-state index contributed by atoms with van der Waals surface area (Å²) < 4.78 is 18.5. The van der Waals surface area contributed by atoms with Gasteiger partial charge in [0.2, 0.25) is 0 Å². The van der Waals surface area contributed by atoms with Gasteiger partial charge in [-0.15, -0.1) is 0 Å². The molecule has 96 valence electrons. The molecule has 3 nitrogen and oxygen atoms in total. The van der Waals surface area contributed by atoms with Crippen molar-refractivity contribution in [2.45, 2.75) is 38.0 Å². The summed E-state index contributed by atoms with van der Waals surface area (Å²) in [6.45, 7) is 0.663. The predicted molar refractivity (Wildman–Crippen MR) is 66.4 cm³/mol. The fourth-order valence-electron chi connectivity index (χ4n) is 2.37. The zero-order chi connectivity index (χ0) is 13.0. The highest BCUT2D eigenvalue weighted by Gasteiger charge is 2.23. The summed E-state index contributed by atoms with van der Waals surface area (Å²) in [5, 5.41) is 12.2. The Morgan fingerprint density at radius 2 is 2.33 bits per heavy atom. The average Bonchev–Trinajstić information content (AvgIpc) is 2.86. The van der Waals surface area contributed by atoms with Crippen molar-refractivity contribution in [3.8, 4) is 6.07 Å². The molecular formula is C14H17FN2O. The van der Waals surface area contributed by atoms with Gasteiger partial charge in [0.05, 0.1) is 11.7 Å². The molecule has 1 aliphatic carbocycles. The van der Waals surface area contributed by atoms with Gasteiger partial charge in [-0.05, 0) is 37.0 Å². The van der Waals surface area contributed by atoms with Crippen molar-refractivity contribution in [1.29, 1.82) is 5.26 Å². The van der Waals surface area contributed by atoms with Crippen LogP contribution in [-0.4, -0.2) is 19.3 Å². The van der Waals surface area contributed by atoms with Crippen LogP contribution in [0, 0.1) is 17.1 Å². The van der Waals surface area contributed by atoms with Gasteiger partial charge in [-0.2, -0.15) is 5.26 Å². The largest absolute Gasteiger partial charge is 0.381 e. The molecule has 1 N–H and O–H groups in total. The molecule has 0 amide bonds. The number of benzene rings is 1. The summed E-state index contributed by atoms with van der Waals surface area (Å²) in [5.74, 6) is -0.457. The molecule has 18 heavy (non-hydrogen) atoms. The van der Waals surface area contributed by atoms with Crippen LogP contribution in [0.5, 0.6) is 0 Å². The first kappa shape index (κ1) is 13.0. The molecule has 0 radical (unpaired) electrons. The number of methoxy groups -OCH3 is 1. The molecule has 2 unspecified atom stereocenters. The van der Waals surface area contributed by atoms with Crippen molar-refractivity contribution < 1.29 is 9.13 Å². The Morgan fingerprint density at radius 3 is 3.00 bits per heavy atom. The first-order valence-electron chi connectivity index (χ1n) is 6.17. The summed E-state index contributed by atoms with van der Waals surface area (Å²) >= 11 is 0. The summed E-state index contributed by atoms with van der Waals surface area (Å²) in [6, 6.07) is 6.97. The second-order valence-corrected chi connectivity index (χ2v) is 4.67. The molecule has 1 aliphatic rings. The van der Waals surface area contributed by atoms with Gasteiger partial charge in [0.15, 0.2) is 0 Å². The number of nitrogens with zero attached hydrogens (tertiary/aromatic N) is 1. The smallest absolute Gasteiger partial charge is 0.140 e. The average molecular weight is 248 g/mol. The van der Waals surface area contributed by atoms with Crippen molar-refractivity contribution in [2.75, 3.05) is 7.11 Å². The maximum absolute atomic E-state index is 13.1. The van der Waals surface area contributed by atoms with Crippen LogP contribution in [0.15, 0.2) is 18.2 Å². The van der Waals surface area contributed by atoms with Crippen molar-refractivity contribution in [3.05, 3.63) is 35.1 Å². The Kier molecular flexibility index (Phi) is 4.29. The summed E-state index contributed by atoms with van der Waals surface area (Å²) in [6.07, 6.45) is 3.56. The molecule has 0 aliphatic heterocycles. The van der Waals surface area contributed by atoms with E-state index in [1.807, 2.05) is 6.07 Å². The third-order valence-corrected chi connectivity index (χ3v) is 3.46. The molecular weight excluding hydrogens is 231 g/mol. The number of hydrogen-bond donors (Lipinski definition) is 1. The first-order chi connectivity index (χ1) is 8.72.